The number of fused-ring (bicyclic) bond motifs is 1. The van der Waals surface area contributed by atoms with Crippen LogP contribution in [0, 0.1) is 0 Å². The first-order valence-electron chi connectivity index (χ1n) is 12.6. The van der Waals surface area contributed by atoms with Crippen LogP contribution in [0.5, 0.6) is 11.5 Å². The number of carboxylic acid groups (broad SMARTS) is 1. The number of hydrogen-bond donors (Lipinski definition) is 2. The molecule has 0 heterocycles. The van der Waals surface area contributed by atoms with Crippen LogP contribution in [0.4, 0.5) is 4.79 Å². The Morgan fingerprint density at radius 2 is 1.16 bits per heavy atom. The van der Waals surface area contributed by atoms with Gasteiger partial charge in [-0.2, -0.15) is 0 Å². The Bertz CT molecular complexity index is 1460. The Hall–Kier alpha value is -4.05. The Labute approximate surface area is 218 Å². The van der Waals surface area contributed by atoms with Crippen molar-refractivity contribution < 1.29 is 19.7 Å². The van der Waals surface area contributed by atoms with Crippen LogP contribution in [0.25, 0.3) is 33.4 Å². The van der Waals surface area contributed by atoms with Crippen LogP contribution >= 0.6 is 0 Å². The van der Waals surface area contributed by atoms with Crippen LogP contribution < -0.4 is 4.74 Å². The van der Waals surface area contributed by atoms with Crippen molar-refractivity contribution in [1.29, 1.82) is 0 Å². The van der Waals surface area contributed by atoms with Crippen molar-refractivity contribution in [3.05, 3.63) is 96.1 Å². The van der Waals surface area contributed by atoms with Crippen LogP contribution in [0.15, 0.2) is 84.9 Å². The summed E-state index contributed by atoms with van der Waals surface area (Å²) in [5, 5.41) is 20.0. The molecule has 0 aromatic heterocycles. The lowest BCUT2D eigenvalue weighted by atomic mass is 9.62. The van der Waals surface area contributed by atoms with Crippen molar-refractivity contribution in [3.63, 3.8) is 0 Å². The highest BCUT2D eigenvalue weighted by Crippen LogP contribution is 2.50. The topological polar surface area (TPSA) is 66.8 Å². The molecule has 0 amide bonds. The number of phenolic OH excluding ortho intramolecular Hbond substituents is 1. The Morgan fingerprint density at radius 1 is 0.676 bits per heavy atom. The maximum absolute atomic E-state index is 11.2. The molecule has 0 atom stereocenters. The van der Waals surface area contributed by atoms with Crippen LogP contribution in [0.1, 0.15) is 51.7 Å². The molecular weight excluding hydrogens is 460 g/mol. The number of carbonyl (C=O) groups is 1. The van der Waals surface area contributed by atoms with Gasteiger partial charge in [-0.05, 0) is 86.9 Å². The normalized spacial score (nSPS) is 15.6. The van der Waals surface area contributed by atoms with E-state index in [0.29, 0.717) is 11.5 Å². The molecule has 4 heteroatoms. The average molecular weight is 493 g/mol. The van der Waals surface area contributed by atoms with Gasteiger partial charge in [0.2, 0.25) is 0 Å². The summed E-state index contributed by atoms with van der Waals surface area (Å²) in [6, 6.07) is 27.7. The molecule has 4 nitrogen and oxygen atoms in total. The molecule has 4 aromatic rings. The van der Waals surface area contributed by atoms with Gasteiger partial charge in [-0.25, -0.2) is 4.79 Å². The lowest BCUT2D eigenvalue weighted by Gasteiger charge is -2.42. The van der Waals surface area contributed by atoms with Gasteiger partial charge in [-0.3, -0.25) is 0 Å². The molecule has 0 bridgehead atoms. The van der Waals surface area contributed by atoms with E-state index in [1.807, 2.05) is 30.3 Å². The van der Waals surface area contributed by atoms with E-state index >= 15 is 0 Å². The molecule has 0 saturated heterocycles. The van der Waals surface area contributed by atoms with Gasteiger partial charge in [-0.1, -0.05) is 88.4 Å². The predicted molar refractivity (Wildman–Crippen MR) is 148 cm³/mol. The van der Waals surface area contributed by atoms with E-state index in [9.17, 15) is 9.90 Å². The maximum atomic E-state index is 11.2. The summed E-state index contributed by atoms with van der Waals surface area (Å²) >= 11 is 0. The molecule has 1 aliphatic rings. The largest absolute Gasteiger partial charge is 0.511 e. The second-order valence-corrected chi connectivity index (χ2v) is 11.2. The van der Waals surface area contributed by atoms with Crippen molar-refractivity contribution in [2.45, 2.75) is 51.4 Å². The van der Waals surface area contributed by atoms with Gasteiger partial charge in [-0.15, -0.1) is 0 Å². The van der Waals surface area contributed by atoms with Gasteiger partial charge in [0.1, 0.15) is 11.5 Å². The molecule has 1 aliphatic carbocycles. The summed E-state index contributed by atoms with van der Waals surface area (Å²) in [6.07, 6.45) is 0.890. The summed E-state index contributed by atoms with van der Waals surface area (Å²) < 4.78 is 4.70. The van der Waals surface area contributed by atoms with E-state index in [4.69, 9.17) is 9.84 Å². The van der Waals surface area contributed by atoms with Crippen molar-refractivity contribution in [1.82, 2.24) is 0 Å². The molecular formula is C33H32O4. The Morgan fingerprint density at radius 3 is 1.73 bits per heavy atom. The minimum absolute atomic E-state index is 0.0359. The Balaban J connectivity index is 1.53. The number of rotatable bonds is 4. The first-order valence-corrected chi connectivity index (χ1v) is 12.6. The Kier molecular flexibility index (Phi) is 6.07. The van der Waals surface area contributed by atoms with Crippen LogP contribution in [0.3, 0.4) is 0 Å². The first-order chi connectivity index (χ1) is 17.5. The third-order valence-electron chi connectivity index (χ3n) is 7.78. The van der Waals surface area contributed by atoms with Gasteiger partial charge in [0.25, 0.3) is 0 Å². The summed E-state index contributed by atoms with van der Waals surface area (Å²) in [4.78, 5) is 10.7. The molecule has 0 radical (unpaired) electrons. The molecule has 4 aromatic carbocycles. The monoisotopic (exact) mass is 492 g/mol. The molecule has 0 aliphatic heterocycles. The zero-order valence-electron chi connectivity index (χ0n) is 21.7. The van der Waals surface area contributed by atoms with Gasteiger partial charge in [0.05, 0.1) is 0 Å². The quantitative estimate of drug-likeness (QED) is 0.221. The highest BCUT2D eigenvalue weighted by Gasteiger charge is 2.38. The molecule has 5 rings (SSSR count). The molecule has 188 valence electrons. The summed E-state index contributed by atoms with van der Waals surface area (Å²) in [5.41, 5.74) is 8.61. The average Bonchev–Trinajstić information content (AvgIpc) is 2.87. The van der Waals surface area contributed by atoms with Crippen molar-refractivity contribution in [2.75, 3.05) is 0 Å². The van der Waals surface area contributed by atoms with Gasteiger partial charge in [0.15, 0.2) is 0 Å². The molecule has 0 fully saturated rings. The van der Waals surface area contributed by atoms with E-state index in [1.54, 1.807) is 12.1 Å². The van der Waals surface area contributed by atoms with Crippen molar-refractivity contribution in [2.24, 2.45) is 0 Å². The lowest BCUT2D eigenvalue weighted by Crippen LogP contribution is -2.33. The summed E-state index contributed by atoms with van der Waals surface area (Å²) in [6.45, 7) is 9.13. The minimum Gasteiger partial charge on any atom is -0.507 e. The van der Waals surface area contributed by atoms with E-state index in [1.165, 1.54) is 11.1 Å². The molecule has 37 heavy (non-hydrogen) atoms. The smallest absolute Gasteiger partial charge is 0.507 e. The zero-order valence-corrected chi connectivity index (χ0v) is 21.7. The highest BCUT2D eigenvalue weighted by atomic mass is 16.7. The fourth-order valence-electron chi connectivity index (χ4n) is 5.45. The number of benzene rings is 4. The van der Waals surface area contributed by atoms with Crippen LogP contribution in [0.2, 0.25) is 0 Å². The first kappa shape index (κ1) is 24.6. The van der Waals surface area contributed by atoms with Crippen LogP contribution in [-0.4, -0.2) is 16.4 Å². The number of ether oxygens (including phenoxy) is 1. The standard InChI is InChI=1S/C33H32O4/c1-32(2)17-18-33(3,4)29-20-30(34)27(19-28(29)32)26-8-6-5-7-25(26)23-11-9-21(10-12-23)22-13-15-24(16-14-22)37-31(35)36/h5-16,19-20,34H,17-18H2,1-4H3,(H,35,36). The predicted octanol–water partition coefficient (Wildman–Crippen LogP) is 8.80. The number of aromatic hydroxyl groups is 1. The molecule has 0 spiro atoms. The third-order valence-corrected chi connectivity index (χ3v) is 7.78. The van der Waals surface area contributed by atoms with E-state index in [0.717, 1.165) is 46.2 Å². The van der Waals surface area contributed by atoms with Crippen LogP contribution in [-0.2, 0) is 10.8 Å². The van der Waals surface area contributed by atoms with E-state index in [2.05, 4.69) is 70.2 Å². The molecule has 0 unspecified atom stereocenters. The van der Waals surface area contributed by atoms with E-state index in [-0.39, 0.29) is 10.8 Å². The SMILES string of the molecule is CC1(C)CCC(C)(C)c2cc(-c3ccccc3-c3ccc(-c4ccc(OC(=O)O)cc4)cc3)c(O)cc21. The fourth-order valence-corrected chi connectivity index (χ4v) is 5.45. The maximum Gasteiger partial charge on any atom is 0.511 e. The third kappa shape index (κ3) is 4.72. The molecule has 0 saturated carbocycles. The lowest BCUT2D eigenvalue weighted by molar-refractivity contribution is 0.144. The van der Waals surface area contributed by atoms with Crippen molar-refractivity contribution in [3.8, 4) is 44.9 Å². The van der Waals surface area contributed by atoms with Gasteiger partial charge >= 0.3 is 6.16 Å². The van der Waals surface area contributed by atoms with Crippen molar-refractivity contribution >= 4 is 6.16 Å². The van der Waals surface area contributed by atoms with Gasteiger partial charge in [0, 0.05) is 5.56 Å². The second-order valence-electron chi connectivity index (χ2n) is 11.2. The number of phenols is 1. The number of hydrogen-bond acceptors (Lipinski definition) is 3. The molecule has 2 N–H and O–H groups in total. The highest BCUT2D eigenvalue weighted by molar-refractivity contribution is 5.87. The van der Waals surface area contributed by atoms with Gasteiger partial charge < -0.3 is 14.9 Å². The fraction of sp³-hybridized carbons (Fsp3) is 0.242. The minimum atomic E-state index is -1.33. The second kappa shape index (κ2) is 9.11. The van der Waals surface area contributed by atoms with E-state index < -0.39 is 6.16 Å². The summed E-state index contributed by atoms with van der Waals surface area (Å²) in [7, 11) is 0. The zero-order chi connectivity index (χ0) is 26.4. The summed E-state index contributed by atoms with van der Waals surface area (Å²) in [5.74, 6) is 0.607.